The van der Waals surface area contributed by atoms with E-state index in [9.17, 15) is 4.79 Å². The number of aliphatic hydroxyl groups excluding tert-OH is 1. The Morgan fingerprint density at radius 2 is 2.17 bits per heavy atom. The maximum Gasteiger partial charge on any atom is 0.302 e. The smallest absolute Gasteiger partial charge is 0.302 e. The molecule has 1 aliphatic rings. The number of carbonyl (C=O) groups is 1. The Balaban J connectivity index is 2.41. The number of aliphatic hydroxyl groups is 1. The van der Waals surface area contributed by atoms with Gasteiger partial charge in [-0.15, -0.1) is 0 Å². The first-order valence-corrected chi connectivity index (χ1v) is 4.52. The molecule has 0 saturated heterocycles. The lowest BCUT2D eigenvalue weighted by Crippen LogP contribution is -2.31. The van der Waals surface area contributed by atoms with Crippen molar-refractivity contribution in [3.8, 4) is 0 Å². The lowest BCUT2D eigenvalue weighted by molar-refractivity contribution is -0.151. The molecule has 1 aliphatic carbocycles. The van der Waals surface area contributed by atoms with E-state index >= 15 is 0 Å². The number of hydrogen-bond acceptors (Lipinski definition) is 3. The fourth-order valence-corrected chi connectivity index (χ4v) is 1.75. The summed E-state index contributed by atoms with van der Waals surface area (Å²) in [6.45, 7) is 1.56. The molecule has 70 valence electrons. The molecule has 0 aliphatic heterocycles. The topological polar surface area (TPSA) is 46.5 Å². The van der Waals surface area contributed by atoms with Crippen molar-refractivity contribution in [1.29, 1.82) is 0 Å². The van der Waals surface area contributed by atoms with Crippen molar-refractivity contribution in [2.45, 2.75) is 38.7 Å². The van der Waals surface area contributed by atoms with Gasteiger partial charge < -0.3 is 9.84 Å². The zero-order valence-electron chi connectivity index (χ0n) is 7.45. The minimum Gasteiger partial charge on any atom is -0.462 e. The summed E-state index contributed by atoms with van der Waals surface area (Å²) in [4.78, 5) is 10.7. The number of rotatable bonds is 2. The molecule has 0 radical (unpaired) electrons. The summed E-state index contributed by atoms with van der Waals surface area (Å²) in [6.07, 6.45) is 4.10. The molecule has 1 N–H and O–H groups in total. The Morgan fingerprint density at radius 1 is 1.50 bits per heavy atom. The van der Waals surface area contributed by atoms with Gasteiger partial charge in [-0.2, -0.15) is 0 Å². The Kier molecular flexibility index (Phi) is 3.53. The van der Waals surface area contributed by atoms with E-state index in [1.54, 1.807) is 0 Å². The zero-order chi connectivity index (χ0) is 8.97. The van der Waals surface area contributed by atoms with Gasteiger partial charge in [0.15, 0.2) is 0 Å². The third kappa shape index (κ3) is 2.48. The maximum absolute atomic E-state index is 10.7. The highest BCUT2D eigenvalue weighted by Gasteiger charge is 2.26. The van der Waals surface area contributed by atoms with Crippen LogP contribution in [-0.2, 0) is 9.53 Å². The lowest BCUT2D eigenvalue weighted by atomic mass is 9.87. The second kappa shape index (κ2) is 4.45. The summed E-state index contributed by atoms with van der Waals surface area (Å²) < 4.78 is 5.10. The molecule has 0 spiro atoms. The largest absolute Gasteiger partial charge is 0.462 e. The highest BCUT2D eigenvalue weighted by atomic mass is 16.5. The van der Waals surface area contributed by atoms with E-state index < -0.39 is 0 Å². The van der Waals surface area contributed by atoms with E-state index in [0.29, 0.717) is 0 Å². The third-order valence-electron chi connectivity index (χ3n) is 2.39. The van der Waals surface area contributed by atoms with Crippen LogP contribution in [0.3, 0.4) is 0 Å². The van der Waals surface area contributed by atoms with E-state index in [2.05, 4.69) is 0 Å². The van der Waals surface area contributed by atoms with Crippen molar-refractivity contribution < 1.29 is 14.6 Å². The van der Waals surface area contributed by atoms with E-state index in [4.69, 9.17) is 9.84 Å². The van der Waals surface area contributed by atoms with E-state index in [1.807, 2.05) is 0 Å². The molecule has 1 saturated carbocycles. The predicted octanol–water partition coefficient (Wildman–Crippen LogP) is 1.10. The van der Waals surface area contributed by atoms with Crippen LogP contribution in [0.4, 0.5) is 0 Å². The monoisotopic (exact) mass is 172 g/mol. The summed E-state index contributed by atoms with van der Waals surface area (Å²) in [5.74, 6) is -0.0667. The van der Waals surface area contributed by atoms with Crippen molar-refractivity contribution in [2.75, 3.05) is 6.61 Å². The van der Waals surface area contributed by atoms with Crippen molar-refractivity contribution in [1.82, 2.24) is 0 Å². The van der Waals surface area contributed by atoms with Crippen LogP contribution in [0, 0.1) is 5.92 Å². The van der Waals surface area contributed by atoms with E-state index in [1.165, 1.54) is 6.92 Å². The highest BCUT2D eigenvalue weighted by molar-refractivity contribution is 5.66. The number of hydrogen-bond donors (Lipinski definition) is 1. The van der Waals surface area contributed by atoms with Gasteiger partial charge in [-0.25, -0.2) is 0 Å². The van der Waals surface area contributed by atoms with Crippen LogP contribution in [0.25, 0.3) is 0 Å². The second-order valence-electron chi connectivity index (χ2n) is 3.37. The van der Waals surface area contributed by atoms with Crippen LogP contribution < -0.4 is 0 Å². The second-order valence-corrected chi connectivity index (χ2v) is 3.37. The van der Waals surface area contributed by atoms with Gasteiger partial charge in [0.05, 0.1) is 0 Å². The Morgan fingerprint density at radius 3 is 2.75 bits per heavy atom. The SMILES string of the molecule is CC(=O)OC1CCCCC1CO. The van der Waals surface area contributed by atoms with Crippen molar-refractivity contribution in [3.63, 3.8) is 0 Å². The molecule has 0 heterocycles. The standard InChI is InChI=1S/C9H16O3/c1-7(11)12-9-5-3-2-4-8(9)6-10/h8-10H,2-6H2,1H3. The summed E-state index contributed by atoms with van der Waals surface area (Å²) >= 11 is 0. The van der Waals surface area contributed by atoms with Crippen molar-refractivity contribution in [3.05, 3.63) is 0 Å². The molecule has 2 unspecified atom stereocenters. The van der Waals surface area contributed by atoms with Crippen LogP contribution in [0.2, 0.25) is 0 Å². The molecule has 0 aromatic carbocycles. The molecular formula is C9H16O3. The fourth-order valence-electron chi connectivity index (χ4n) is 1.75. The summed E-state index contributed by atoms with van der Waals surface area (Å²) in [5.41, 5.74) is 0. The number of ether oxygens (including phenoxy) is 1. The quantitative estimate of drug-likeness (QED) is 0.634. The highest BCUT2D eigenvalue weighted by Crippen LogP contribution is 2.26. The first kappa shape index (κ1) is 9.52. The van der Waals surface area contributed by atoms with Crippen LogP contribution in [0.1, 0.15) is 32.6 Å². The van der Waals surface area contributed by atoms with Crippen molar-refractivity contribution >= 4 is 5.97 Å². The normalized spacial score (nSPS) is 29.8. The molecule has 0 bridgehead atoms. The van der Waals surface area contributed by atoms with E-state index in [0.717, 1.165) is 25.7 Å². The molecule has 12 heavy (non-hydrogen) atoms. The molecule has 3 heteroatoms. The lowest BCUT2D eigenvalue weighted by Gasteiger charge is -2.29. The third-order valence-corrected chi connectivity index (χ3v) is 2.39. The van der Waals surface area contributed by atoms with Gasteiger partial charge in [0, 0.05) is 19.4 Å². The van der Waals surface area contributed by atoms with Gasteiger partial charge in [-0.05, 0) is 19.3 Å². The Labute approximate surface area is 72.7 Å². The van der Waals surface area contributed by atoms with Crippen LogP contribution in [-0.4, -0.2) is 23.8 Å². The molecule has 1 fully saturated rings. The van der Waals surface area contributed by atoms with Crippen LogP contribution in [0.5, 0.6) is 0 Å². The zero-order valence-corrected chi connectivity index (χ0v) is 7.45. The van der Waals surface area contributed by atoms with Gasteiger partial charge in [-0.3, -0.25) is 4.79 Å². The minimum atomic E-state index is -0.236. The van der Waals surface area contributed by atoms with Crippen molar-refractivity contribution in [2.24, 2.45) is 5.92 Å². The molecule has 1 rings (SSSR count). The maximum atomic E-state index is 10.7. The van der Waals surface area contributed by atoms with E-state index in [-0.39, 0.29) is 24.6 Å². The van der Waals surface area contributed by atoms with Gasteiger partial charge in [0.25, 0.3) is 0 Å². The molecule has 0 aromatic rings. The van der Waals surface area contributed by atoms with Gasteiger partial charge >= 0.3 is 5.97 Å². The summed E-state index contributed by atoms with van der Waals surface area (Å²) in [6, 6.07) is 0. The molecule has 0 aromatic heterocycles. The number of esters is 1. The summed E-state index contributed by atoms with van der Waals surface area (Å²) in [7, 11) is 0. The first-order valence-electron chi connectivity index (χ1n) is 4.52. The summed E-state index contributed by atoms with van der Waals surface area (Å²) in [5, 5.41) is 8.98. The average molecular weight is 172 g/mol. The Bertz CT molecular complexity index is 156. The first-order chi connectivity index (χ1) is 5.74. The number of carbonyl (C=O) groups excluding carboxylic acids is 1. The molecule has 2 atom stereocenters. The van der Waals surface area contributed by atoms with Gasteiger partial charge in [-0.1, -0.05) is 6.42 Å². The minimum absolute atomic E-state index is 0.0405. The molecule has 3 nitrogen and oxygen atoms in total. The Hall–Kier alpha value is -0.570. The van der Waals surface area contributed by atoms with Gasteiger partial charge in [0.1, 0.15) is 6.10 Å². The van der Waals surface area contributed by atoms with Crippen LogP contribution >= 0.6 is 0 Å². The predicted molar refractivity (Wildman–Crippen MR) is 44.6 cm³/mol. The molecular weight excluding hydrogens is 156 g/mol. The van der Waals surface area contributed by atoms with Gasteiger partial charge in [0.2, 0.25) is 0 Å². The fraction of sp³-hybridized carbons (Fsp3) is 0.889. The molecule has 0 amide bonds. The average Bonchev–Trinajstić information content (AvgIpc) is 2.04. The van der Waals surface area contributed by atoms with Crippen LogP contribution in [0.15, 0.2) is 0 Å².